The van der Waals surface area contributed by atoms with Crippen molar-refractivity contribution < 1.29 is 13.3 Å². The van der Waals surface area contributed by atoms with Crippen molar-refractivity contribution in [3.8, 4) is 44.5 Å². The van der Waals surface area contributed by atoms with Crippen LogP contribution in [0.5, 0.6) is 0 Å². The molecule has 0 radical (unpaired) electrons. The third-order valence-electron chi connectivity index (χ3n) is 11.1. The second-order valence-electron chi connectivity index (χ2n) is 14.0. The molecule has 4 nitrogen and oxygen atoms in total. The lowest BCUT2D eigenvalue weighted by atomic mass is 9.41. The third-order valence-corrected chi connectivity index (χ3v) is 11.1. The van der Waals surface area contributed by atoms with Crippen molar-refractivity contribution in [2.24, 2.45) is 0 Å². The van der Waals surface area contributed by atoms with E-state index in [4.69, 9.17) is 13.3 Å². The van der Waals surface area contributed by atoms with Gasteiger partial charge >= 0.3 is 6.71 Å². The highest BCUT2D eigenvalue weighted by Gasteiger charge is 2.50. The van der Waals surface area contributed by atoms with Gasteiger partial charge in [0.2, 0.25) is 0 Å². The van der Waals surface area contributed by atoms with Crippen LogP contribution in [0, 0.1) is 0 Å². The van der Waals surface area contributed by atoms with Crippen LogP contribution in [0.2, 0.25) is 0 Å². The molecule has 7 aromatic carbocycles. The summed E-state index contributed by atoms with van der Waals surface area (Å²) >= 11 is 0. The monoisotopic (exact) mass is 677 g/mol. The standard InChI is InChI=1S/C48H28BNO3/c1-3-13-29(14-4-1)31-23-32(30-15-5-2-6-16-30)25-33(24-31)34-26-38-44-36-18-8-11-21-42(36)52-47(44)49-45(38)39(27-34)50(40-28-51-41-20-10-7-17-35(40)41)46-37-19-9-12-22-43(37)53-48(46)49/h1-28H. The summed E-state index contributed by atoms with van der Waals surface area (Å²) in [6.07, 6.45) is 1.89. The van der Waals surface area contributed by atoms with Crippen molar-refractivity contribution in [2.45, 2.75) is 0 Å². The van der Waals surface area contributed by atoms with E-state index in [2.05, 4.69) is 144 Å². The maximum atomic E-state index is 6.89. The third kappa shape index (κ3) is 4.07. The number of furan rings is 3. The van der Waals surface area contributed by atoms with Gasteiger partial charge in [0.1, 0.15) is 28.7 Å². The lowest BCUT2D eigenvalue weighted by Gasteiger charge is -2.32. The van der Waals surface area contributed by atoms with Gasteiger partial charge in [0, 0.05) is 27.4 Å². The average molecular weight is 678 g/mol. The van der Waals surface area contributed by atoms with Crippen LogP contribution in [0.4, 0.5) is 17.1 Å². The minimum Gasteiger partial charge on any atom is -0.469 e. The van der Waals surface area contributed by atoms with Crippen molar-refractivity contribution in [1.29, 1.82) is 0 Å². The predicted octanol–water partition coefficient (Wildman–Crippen LogP) is 11.2. The van der Waals surface area contributed by atoms with Gasteiger partial charge < -0.3 is 18.2 Å². The number of fused-ring (bicyclic) bond motifs is 10. The highest BCUT2D eigenvalue weighted by Crippen LogP contribution is 2.49. The largest absolute Gasteiger partial charge is 0.469 e. The maximum Gasteiger partial charge on any atom is 0.338 e. The first kappa shape index (κ1) is 28.7. The van der Waals surface area contributed by atoms with E-state index in [9.17, 15) is 0 Å². The van der Waals surface area contributed by atoms with E-state index >= 15 is 0 Å². The predicted molar refractivity (Wildman–Crippen MR) is 217 cm³/mol. The lowest BCUT2D eigenvalue weighted by Crippen LogP contribution is -2.53. The Balaban J connectivity index is 1.20. The number of hydrogen-bond donors (Lipinski definition) is 0. The van der Waals surface area contributed by atoms with Crippen LogP contribution < -0.4 is 21.7 Å². The molecule has 2 aliphatic heterocycles. The van der Waals surface area contributed by atoms with Crippen LogP contribution in [0.25, 0.3) is 77.4 Å². The topological polar surface area (TPSA) is 42.7 Å². The van der Waals surface area contributed by atoms with Gasteiger partial charge in [0.25, 0.3) is 0 Å². The van der Waals surface area contributed by atoms with E-state index in [0.717, 1.165) is 83.5 Å². The summed E-state index contributed by atoms with van der Waals surface area (Å²) in [7, 11) is 0. The van der Waals surface area contributed by atoms with E-state index in [1.54, 1.807) is 0 Å². The van der Waals surface area contributed by atoms with Gasteiger partial charge in [-0.1, -0.05) is 103 Å². The average Bonchev–Trinajstić information content (AvgIpc) is 3.99. The fourth-order valence-corrected chi connectivity index (χ4v) is 8.80. The van der Waals surface area contributed by atoms with E-state index in [1.807, 2.05) is 30.5 Å². The Morgan fingerprint density at radius 3 is 1.64 bits per heavy atom. The summed E-state index contributed by atoms with van der Waals surface area (Å²) in [6.45, 7) is -0.205. The second kappa shape index (κ2) is 10.8. The van der Waals surface area contributed by atoms with Crippen LogP contribution in [0.3, 0.4) is 0 Å². The van der Waals surface area contributed by atoms with Gasteiger partial charge in [-0.15, -0.1) is 0 Å². The smallest absolute Gasteiger partial charge is 0.338 e. The number of hydrogen-bond acceptors (Lipinski definition) is 4. The number of rotatable bonds is 4. The Bertz CT molecular complexity index is 3020. The van der Waals surface area contributed by atoms with Gasteiger partial charge in [0.15, 0.2) is 0 Å². The fraction of sp³-hybridized carbons (Fsp3) is 0. The molecule has 0 atom stereocenters. The zero-order valence-corrected chi connectivity index (χ0v) is 28.4. The lowest BCUT2D eigenvalue weighted by molar-refractivity contribution is 0.616. The van der Waals surface area contributed by atoms with Gasteiger partial charge in [-0.25, -0.2) is 0 Å². The van der Waals surface area contributed by atoms with Crippen molar-refractivity contribution in [3.05, 3.63) is 170 Å². The summed E-state index contributed by atoms with van der Waals surface area (Å²) in [4.78, 5) is 2.37. The number of nitrogens with zero attached hydrogens (tertiary/aromatic N) is 1. The molecule has 0 unspecified atom stereocenters. The molecule has 0 saturated heterocycles. The Hall–Kier alpha value is -6.98. The minimum atomic E-state index is -0.205. The zero-order chi connectivity index (χ0) is 34.6. The normalized spacial score (nSPS) is 12.8. The number of para-hydroxylation sites is 3. The molecule has 3 aromatic heterocycles. The summed E-state index contributed by atoms with van der Waals surface area (Å²) in [5, 5.41) is 3.20. The first-order valence-electron chi connectivity index (χ1n) is 18.0. The Labute approximate surface area is 305 Å². The second-order valence-corrected chi connectivity index (χ2v) is 14.0. The van der Waals surface area contributed by atoms with Crippen LogP contribution in [-0.2, 0) is 0 Å². The van der Waals surface area contributed by atoms with Crippen molar-refractivity contribution in [2.75, 3.05) is 4.90 Å². The summed E-state index contributed by atoms with van der Waals surface area (Å²) in [5.74, 6) is 0. The molecule has 0 aliphatic carbocycles. The molecule has 246 valence electrons. The van der Waals surface area contributed by atoms with Crippen LogP contribution in [-0.4, -0.2) is 6.71 Å². The van der Waals surface area contributed by atoms with Gasteiger partial charge in [-0.2, -0.15) is 0 Å². The van der Waals surface area contributed by atoms with Crippen molar-refractivity contribution in [3.63, 3.8) is 0 Å². The van der Waals surface area contributed by atoms with Gasteiger partial charge in [-0.05, 0) is 105 Å². The van der Waals surface area contributed by atoms with Gasteiger partial charge in [-0.3, -0.25) is 0 Å². The molecule has 5 heterocycles. The van der Waals surface area contributed by atoms with Gasteiger partial charge in [0.05, 0.1) is 17.0 Å². The molecule has 53 heavy (non-hydrogen) atoms. The molecule has 0 saturated carbocycles. The molecule has 0 bridgehead atoms. The van der Waals surface area contributed by atoms with E-state index in [0.29, 0.717) is 0 Å². The van der Waals surface area contributed by atoms with Crippen LogP contribution >= 0.6 is 0 Å². The summed E-state index contributed by atoms with van der Waals surface area (Å²) in [6, 6.07) is 58.0. The molecule has 5 heteroatoms. The molecule has 0 fully saturated rings. The Kier molecular flexibility index (Phi) is 5.83. The number of benzene rings is 7. The molecule has 0 spiro atoms. The van der Waals surface area contributed by atoms with Crippen LogP contribution in [0.15, 0.2) is 183 Å². The van der Waals surface area contributed by atoms with Crippen molar-refractivity contribution >= 4 is 73.5 Å². The molecule has 2 aliphatic rings. The van der Waals surface area contributed by atoms with E-state index in [1.165, 1.54) is 27.7 Å². The first-order chi connectivity index (χ1) is 26.3. The Morgan fingerprint density at radius 1 is 0.415 bits per heavy atom. The highest BCUT2D eigenvalue weighted by molar-refractivity contribution is 7.00. The van der Waals surface area contributed by atoms with E-state index < -0.39 is 0 Å². The highest BCUT2D eigenvalue weighted by atomic mass is 16.3. The first-order valence-corrected chi connectivity index (χ1v) is 18.0. The quantitative estimate of drug-likeness (QED) is 0.174. The molecule has 0 N–H and O–H groups in total. The Morgan fingerprint density at radius 2 is 0.943 bits per heavy atom. The van der Waals surface area contributed by atoms with Crippen molar-refractivity contribution in [1.82, 2.24) is 0 Å². The maximum absolute atomic E-state index is 6.89. The zero-order valence-electron chi connectivity index (χ0n) is 28.4. The molecule has 0 amide bonds. The molecule has 12 rings (SSSR count). The van der Waals surface area contributed by atoms with Crippen LogP contribution in [0.1, 0.15) is 0 Å². The fourth-order valence-electron chi connectivity index (χ4n) is 8.80. The number of anilines is 3. The molecular formula is C48H28BNO3. The molecule has 10 aromatic rings. The minimum absolute atomic E-state index is 0.205. The summed E-state index contributed by atoms with van der Waals surface area (Å²) in [5.41, 5.74) is 17.9. The van der Waals surface area contributed by atoms with E-state index in [-0.39, 0.29) is 6.71 Å². The SMILES string of the molecule is c1ccc(-c2cc(-c3ccccc3)cc(-c3cc4c5c(c3)N(c3coc6ccccc36)c3c(oc6ccccc36)B5c3oc5ccccc5c3-4)c2)cc1. The summed E-state index contributed by atoms with van der Waals surface area (Å²) < 4.78 is 20.0. The molecular weight excluding hydrogens is 649 g/mol.